The SMILES string of the molecule is [SiH3]CN1CCOCC1. The molecule has 1 saturated heterocycles. The number of nitrogens with zero attached hydrogens (tertiary/aromatic N) is 1. The first kappa shape index (κ1) is 6.26. The zero-order valence-electron chi connectivity index (χ0n) is 5.39. The number of hydrogen-bond acceptors (Lipinski definition) is 2. The van der Waals surface area contributed by atoms with Gasteiger partial charge in [-0.25, -0.2) is 0 Å². The fourth-order valence-corrected chi connectivity index (χ4v) is 1.55. The van der Waals surface area contributed by atoms with Crippen LogP contribution in [0.1, 0.15) is 0 Å². The maximum atomic E-state index is 5.18. The van der Waals surface area contributed by atoms with Crippen LogP contribution in [0, 0.1) is 0 Å². The highest BCUT2D eigenvalue weighted by molar-refractivity contribution is 6.08. The van der Waals surface area contributed by atoms with Crippen molar-refractivity contribution in [3.63, 3.8) is 0 Å². The van der Waals surface area contributed by atoms with Crippen molar-refractivity contribution in [3.05, 3.63) is 0 Å². The summed E-state index contributed by atoms with van der Waals surface area (Å²) in [6.07, 6.45) is 1.31. The summed E-state index contributed by atoms with van der Waals surface area (Å²) in [5.74, 6) is 0. The Morgan fingerprint density at radius 2 is 2.00 bits per heavy atom. The van der Waals surface area contributed by atoms with Crippen molar-refractivity contribution < 1.29 is 4.74 Å². The monoisotopic (exact) mass is 131 g/mol. The molecule has 48 valence electrons. The zero-order valence-corrected chi connectivity index (χ0v) is 7.39. The first-order valence-electron chi connectivity index (χ1n) is 3.23. The van der Waals surface area contributed by atoms with Gasteiger partial charge in [-0.3, -0.25) is 0 Å². The Labute approximate surface area is 53.2 Å². The smallest absolute Gasteiger partial charge is 0.0593 e. The maximum absolute atomic E-state index is 5.18. The Bertz CT molecular complexity index is 63.4. The highest BCUT2D eigenvalue weighted by Gasteiger charge is 2.05. The van der Waals surface area contributed by atoms with Crippen molar-refractivity contribution in [1.82, 2.24) is 4.90 Å². The van der Waals surface area contributed by atoms with Gasteiger partial charge in [0.2, 0.25) is 0 Å². The van der Waals surface area contributed by atoms with E-state index in [0.29, 0.717) is 0 Å². The molecule has 0 atom stereocenters. The minimum atomic E-state index is 0.947. The number of rotatable bonds is 1. The second-order valence-corrected chi connectivity index (χ2v) is 2.68. The molecule has 1 heterocycles. The molecule has 0 N–H and O–H groups in total. The summed E-state index contributed by atoms with van der Waals surface area (Å²) in [7, 11) is 1.30. The molecule has 3 heteroatoms. The average Bonchev–Trinajstić information content (AvgIpc) is 1.90. The van der Waals surface area contributed by atoms with Gasteiger partial charge in [-0.1, -0.05) is 0 Å². The van der Waals surface area contributed by atoms with Gasteiger partial charge >= 0.3 is 0 Å². The van der Waals surface area contributed by atoms with E-state index in [1.54, 1.807) is 0 Å². The predicted molar refractivity (Wildman–Crippen MR) is 37.2 cm³/mol. The third kappa shape index (κ3) is 1.58. The largest absolute Gasteiger partial charge is 0.379 e. The fraction of sp³-hybridized carbons (Fsp3) is 1.00. The highest BCUT2D eigenvalue weighted by atomic mass is 28.1. The zero-order chi connectivity index (χ0) is 5.82. The van der Waals surface area contributed by atoms with Crippen LogP contribution in [-0.2, 0) is 4.74 Å². The van der Waals surface area contributed by atoms with Gasteiger partial charge in [0.25, 0.3) is 0 Å². The minimum Gasteiger partial charge on any atom is -0.379 e. The summed E-state index contributed by atoms with van der Waals surface area (Å²) in [4.78, 5) is 2.45. The van der Waals surface area contributed by atoms with Gasteiger partial charge in [-0.05, 0) is 6.17 Å². The van der Waals surface area contributed by atoms with Gasteiger partial charge in [-0.15, -0.1) is 0 Å². The van der Waals surface area contributed by atoms with Crippen LogP contribution < -0.4 is 0 Å². The van der Waals surface area contributed by atoms with Crippen molar-refractivity contribution >= 4 is 10.2 Å². The lowest BCUT2D eigenvalue weighted by molar-refractivity contribution is 0.0466. The van der Waals surface area contributed by atoms with Crippen LogP contribution in [-0.4, -0.2) is 47.6 Å². The Hall–Kier alpha value is 0.137. The molecule has 0 aromatic rings. The van der Waals surface area contributed by atoms with Gasteiger partial charge in [0.1, 0.15) is 0 Å². The first-order chi connectivity index (χ1) is 3.93. The lowest BCUT2D eigenvalue weighted by atomic mass is 10.5. The number of morpholine rings is 1. The summed E-state index contributed by atoms with van der Waals surface area (Å²) in [5, 5.41) is 0. The molecule has 1 aliphatic heterocycles. The second-order valence-electron chi connectivity index (χ2n) is 2.05. The van der Waals surface area contributed by atoms with Crippen molar-refractivity contribution in [2.45, 2.75) is 0 Å². The molecule has 0 amide bonds. The van der Waals surface area contributed by atoms with Crippen molar-refractivity contribution in [3.8, 4) is 0 Å². The Morgan fingerprint density at radius 1 is 1.38 bits per heavy atom. The molecule has 1 rings (SSSR count). The van der Waals surface area contributed by atoms with E-state index in [9.17, 15) is 0 Å². The second kappa shape index (κ2) is 3.22. The van der Waals surface area contributed by atoms with Gasteiger partial charge < -0.3 is 9.64 Å². The van der Waals surface area contributed by atoms with Gasteiger partial charge in [0.05, 0.1) is 13.2 Å². The van der Waals surface area contributed by atoms with E-state index in [4.69, 9.17) is 4.74 Å². The molecule has 0 spiro atoms. The molecule has 0 radical (unpaired) electrons. The van der Waals surface area contributed by atoms with E-state index in [0.717, 1.165) is 26.3 Å². The Morgan fingerprint density at radius 3 is 2.38 bits per heavy atom. The van der Waals surface area contributed by atoms with Crippen LogP contribution in [0.25, 0.3) is 0 Å². The van der Waals surface area contributed by atoms with Gasteiger partial charge in [0.15, 0.2) is 0 Å². The summed E-state index contributed by atoms with van der Waals surface area (Å²) >= 11 is 0. The normalized spacial score (nSPS) is 24.0. The molecule has 0 unspecified atom stereocenters. The maximum Gasteiger partial charge on any atom is 0.0593 e. The van der Waals surface area contributed by atoms with Crippen molar-refractivity contribution in [2.75, 3.05) is 32.5 Å². The van der Waals surface area contributed by atoms with E-state index in [2.05, 4.69) is 4.90 Å². The number of hydrogen-bond donors (Lipinski definition) is 0. The summed E-state index contributed by atoms with van der Waals surface area (Å²) < 4.78 is 5.18. The van der Waals surface area contributed by atoms with Gasteiger partial charge in [-0.2, -0.15) is 0 Å². The summed E-state index contributed by atoms with van der Waals surface area (Å²) in [5.41, 5.74) is 0. The Kier molecular flexibility index (Phi) is 2.52. The fourth-order valence-electron chi connectivity index (χ4n) is 0.917. The minimum absolute atomic E-state index is 0.947. The molecule has 2 nitrogen and oxygen atoms in total. The van der Waals surface area contributed by atoms with Crippen LogP contribution in [0.4, 0.5) is 0 Å². The number of ether oxygens (including phenoxy) is 1. The van der Waals surface area contributed by atoms with E-state index in [1.807, 2.05) is 0 Å². The molecule has 0 aliphatic carbocycles. The average molecular weight is 131 g/mol. The third-order valence-corrected chi connectivity index (χ3v) is 2.45. The lowest BCUT2D eigenvalue weighted by Crippen LogP contribution is -2.36. The summed E-state index contributed by atoms with van der Waals surface area (Å²) in [6.45, 7) is 4.21. The van der Waals surface area contributed by atoms with E-state index in [1.165, 1.54) is 16.4 Å². The Balaban J connectivity index is 2.13. The van der Waals surface area contributed by atoms with Crippen molar-refractivity contribution in [1.29, 1.82) is 0 Å². The predicted octanol–water partition coefficient (Wildman–Crippen LogP) is -1.36. The third-order valence-electron chi connectivity index (χ3n) is 1.55. The van der Waals surface area contributed by atoms with Gasteiger partial charge in [0, 0.05) is 23.3 Å². The van der Waals surface area contributed by atoms with E-state index >= 15 is 0 Å². The van der Waals surface area contributed by atoms with E-state index in [-0.39, 0.29) is 0 Å². The molecule has 8 heavy (non-hydrogen) atoms. The van der Waals surface area contributed by atoms with E-state index < -0.39 is 0 Å². The van der Waals surface area contributed by atoms with Crippen molar-refractivity contribution in [2.24, 2.45) is 0 Å². The van der Waals surface area contributed by atoms with Crippen LogP contribution in [0.2, 0.25) is 0 Å². The molecule has 1 aliphatic rings. The molecule has 0 saturated carbocycles. The van der Waals surface area contributed by atoms with Crippen LogP contribution in [0.5, 0.6) is 0 Å². The highest BCUT2D eigenvalue weighted by Crippen LogP contribution is 1.92. The molecule has 1 fully saturated rings. The quantitative estimate of drug-likeness (QED) is 0.408. The molecule has 0 bridgehead atoms. The van der Waals surface area contributed by atoms with Crippen LogP contribution in [0.3, 0.4) is 0 Å². The van der Waals surface area contributed by atoms with Crippen LogP contribution >= 0.6 is 0 Å². The lowest BCUT2D eigenvalue weighted by Gasteiger charge is -2.24. The molecular weight excluding hydrogens is 118 g/mol. The molecule has 0 aromatic heterocycles. The molecular formula is C5H13NOSi. The summed E-state index contributed by atoms with van der Waals surface area (Å²) in [6, 6.07) is 0. The van der Waals surface area contributed by atoms with Crippen LogP contribution in [0.15, 0.2) is 0 Å². The first-order valence-corrected chi connectivity index (χ1v) is 4.65. The molecule has 0 aromatic carbocycles. The standard InChI is InChI=1S/C5H13NOSi/c8-5-6-1-3-7-4-2-6/h1-5H2,8H3. The topological polar surface area (TPSA) is 12.5 Å².